The van der Waals surface area contributed by atoms with Gasteiger partial charge in [-0.25, -0.2) is 0 Å². The molecule has 1 aliphatic heterocycles. The van der Waals surface area contributed by atoms with Gasteiger partial charge in [0.25, 0.3) is 5.91 Å². The number of thiocarbonyl (C=S) groups is 1. The summed E-state index contributed by atoms with van der Waals surface area (Å²) in [5.74, 6) is 1.37. The molecule has 1 fully saturated rings. The third kappa shape index (κ3) is 6.17. The predicted octanol–water partition coefficient (Wildman–Crippen LogP) is 5.68. The van der Waals surface area contributed by atoms with E-state index in [2.05, 4.69) is 11.9 Å². The summed E-state index contributed by atoms with van der Waals surface area (Å²) in [5, 5.41) is 3.33. The second-order valence-electron chi connectivity index (χ2n) is 6.33. The summed E-state index contributed by atoms with van der Waals surface area (Å²) >= 11 is 18.7. The molecule has 0 unspecified atom stereocenters. The highest BCUT2D eigenvalue weighted by atomic mass is 35.5. The summed E-state index contributed by atoms with van der Waals surface area (Å²) in [7, 11) is 1.59. The first-order chi connectivity index (χ1) is 14.9. The summed E-state index contributed by atoms with van der Waals surface area (Å²) < 4.78 is 17.5. The maximum absolute atomic E-state index is 12.0. The predicted molar refractivity (Wildman–Crippen MR) is 131 cm³/mol. The fraction of sp³-hybridized carbons (Fsp3) is 0.182. The molecule has 0 atom stereocenters. The quantitative estimate of drug-likeness (QED) is 0.209. The van der Waals surface area contributed by atoms with Gasteiger partial charge in [-0.3, -0.25) is 4.79 Å². The van der Waals surface area contributed by atoms with Crippen LogP contribution in [0.2, 0.25) is 10.0 Å². The van der Waals surface area contributed by atoms with Crippen LogP contribution in [0.25, 0.3) is 6.08 Å². The number of carbonyl (C=O) groups excluding carboxylic acids is 1. The number of thioether (sulfide) groups is 1. The Morgan fingerprint density at radius 3 is 2.61 bits per heavy atom. The number of amides is 1. The van der Waals surface area contributed by atoms with Crippen LogP contribution in [0.1, 0.15) is 11.1 Å². The van der Waals surface area contributed by atoms with Crippen molar-refractivity contribution in [2.75, 3.05) is 20.3 Å². The van der Waals surface area contributed by atoms with E-state index in [4.69, 9.17) is 49.6 Å². The Morgan fingerprint density at radius 1 is 1.16 bits per heavy atom. The van der Waals surface area contributed by atoms with Crippen LogP contribution in [-0.4, -0.2) is 30.6 Å². The number of hydrogen-bond acceptors (Lipinski definition) is 6. The van der Waals surface area contributed by atoms with Crippen molar-refractivity contribution in [3.63, 3.8) is 0 Å². The van der Waals surface area contributed by atoms with Crippen LogP contribution in [0.5, 0.6) is 17.2 Å². The van der Waals surface area contributed by atoms with Crippen molar-refractivity contribution in [2.24, 2.45) is 0 Å². The van der Waals surface area contributed by atoms with Crippen molar-refractivity contribution >= 4 is 63.5 Å². The number of nitrogens with one attached hydrogen (secondary N) is 1. The van der Waals surface area contributed by atoms with E-state index >= 15 is 0 Å². The van der Waals surface area contributed by atoms with Crippen LogP contribution in [-0.2, 0) is 11.2 Å². The first kappa shape index (κ1) is 23.5. The molecule has 0 radical (unpaired) electrons. The van der Waals surface area contributed by atoms with E-state index < -0.39 is 0 Å². The smallest absolute Gasteiger partial charge is 0.263 e. The highest BCUT2D eigenvalue weighted by Gasteiger charge is 2.23. The number of methoxy groups -OCH3 is 1. The summed E-state index contributed by atoms with van der Waals surface area (Å²) in [6, 6.07) is 8.96. The van der Waals surface area contributed by atoms with Crippen molar-refractivity contribution in [2.45, 2.75) is 6.42 Å². The lowest BCUT2D eigenvalue weighted by atomic mass is 10.1. The van der Waals surface area contributed by atoms with Gasteiger partial charge in [-0.1, -0.05) is 59.3 Å². The van der Waals surface area contributed by atoms with Crippen molar-refractivity contribution in [1.29, 1.82) is 0 Å². The Hall–Kier alpha value is -2.19. The number of hydrogen-bond donors (Lipinski definition) is 1. The fourth-order valence-corrected chi connectivity index (χ4v) is 4.42. The SMILES string of the molecule is C=CCc1ccc(OCCOc2c(Cl)cc(Cl)cc2/C=C2/SC(=S)NC2=O)c(OC)c1. The molecule has 162 valence electrons. The van der Waals surface area contributed by atoms with E-state index in [1.165, 1.54) is 11.8 Å². The first-order valence-electron chi connectivity index (χ1n) is 9.18. The number of ether oxygens (including phenoxy) is 3. The fourth-order valence-electron chi connectivity index (χ4n) is 2.82. The number of carbonyl (C=O) groups is 1. The third-order valence-corrected chi connectivity index (χ3v) is 5.82. The van der Waals surface area contributed by atoms with Crippen molar-refractivity contribution in [1.82, 2.24) is 5.32 Å². The molecule has 2 aromatic carbocycles. The number of benzene rings is 2. The summed E-state index contributed by atoms with van der Waals surface area (Å²) in [6.07, 6.45) is 4.22. The molecule has 0 aliphatic carbocycles. The highest BCUT2D eigenvalue weighted by Crippen LogP contribution is 2.36. The zero-order valence-corrected chi connectivity index (χ0v) is 19.7. The van der Waals surface area contributed by atoms with Gasteiger partial charge in [0.2, 0.25) is 0 Å². The van der Waals surface area contributed by atoms with E-state index in [1.807, 2.05) is 24.3 Å². The minimum Gasteiger partial charge on any atom is -0.493 e. The topological polar surface area (TPSA) is 56.8 Å². The first-order valence-corrected chi connectivity index (χ1v) is 11.2. The molecule has 5 nitrogen and oxygen atoms in total. The molecule has 3 rings (SSSR count). The van der Waals surface area contributed by atoms with Crippen molar-refractivity contribution in [3.05, 3.63) is 69.1 Å². The van der Waals surface area contributed by atoms with Gasteiger partial charge in [0.05, 0.1) is 17.0 Å². The maximum Gasteiger partial charge on any atom is 0.263 e. The molecule has 9 heteroatoms. The normalized spacial score (nSPS) is 14.5. The van der Waals surface area contributed by atoms with Gasteiger partial charge in [0.1, 0.15) is 23.3 Å². The third-order valence-electron chi connectivity index (χ3n) is 4.16. The molecule has 1 heterocycles. The summed E-state index contributed by atoms with van der Waals surface area (Å²) in [4.78, 5) is 12.4. The molecular formula is C22H19Cl2NO4S2. The molecule has 0 spiro atoms. The summed E-state index contributed by atoms with van der Waals surface area (Å²) in [6.45, 7) is 4.21. The molecule has 0 bridgehead atoms. The monoisotopic (exact) mass is 495 g/mol. The van der Waals surface area contributed by atoms with Gasteiger partial charge in [-0.05, 0) is 42.3 Å². The highest BCUT2D eigenvalue weighted by molar-refractivity contribution is 8.26. The Labute approximate surface area is 200 Å². The molecule has 1 aliphatic rings. The van der Waals surface area contributed by atoms with E-state index in [-0.39, 0.29) is 19.1 Å². The number of rotatable bonds is 9. The maximum atomic E-state index is 12.0. The zero-order valence-electron chi connectivity index (χ0n) is 16.6. The Balaban J connectivity index is 1.70. The Kier molecular flexibility index (Phi) is 8.26. The van der Waals surface area contributed by atoms with Gasteiger partial charge in [-0.2, -0.15) is 0 Å². The molecule has 0 aromatic heterocycles. The average molecular weight is 496 g/mol. The van der Waals surface area contributed by atoms with E-state index in [1.54, 1.807) is 25.3 Å². The van der Waals surface area contributed by atoms with Crippen molar-refractivity contribution in [3.8, 4) is 17.2 Å². The van der Waals surface area contributed by atoms with Crippen LogP contribution in [0.3, 0.4) is 0 Å². The largest absolute Gasteiger partial charge is 0.493 e. The molecule has 1 amide bonds. The lowest BCUT2D eigenvalue weighted by molar-refractivity contribution is -0.115. The Bertz CT molecular complexity index is 1060. The van der Waals surface area contributed by atoms with Gasteiger partial charge in [0.15, 0.2) is 11.5 Å². The van der Waals surface area contributed by atoms with Gasteiger partial charge >= 0.3 is 0 Å². The zero-order chi connectivity index (χ0) is 22.4. The molecule has 1 saturated heterocycles. The van der Waals surface area contributed by atoms with Crippen LogP contribution in [0.15, 0.2) is 47.9 Å². The minimum atomic E-state index is -0.271. The molecule has 31 heavy (non-hydrogen) atoms. The van der Waals surface area contributed by atoms with Crippen molar-refractivity contribution < 1.29 is 19.0 Å². The van der Waals surface area contributed by atoms with Gasteiger partial charge < -0.3 is 19.5 Å². The van der Waals surface area contributed by atoms with Gasteiger partial charge in [-0.15, -0.1) is 6.58 Å². The summed E-state index contributed by atoms with van der Waals surface area (Å²) in [5.41, 5.74) is 1.65. The molecule has 1 N–H and O–H groups in total. The van der Waals surface area contributed by atoms with E-state index in [0.717, 1.165) is 12.0 Å². The second kappa shape index (κ2) is 10.9. The van der Waals surface area contributed by atoms with E-state index in [9.17, 15) is 4.79 Å². The van der Waals surface area contributed by atoms with Gasteiger partial charge in [0, 0.05) is 10.6 Å². The molecule has 0 saturated carbocycles. The Morgan fingerprint density at radius 2 is 1.94 bits per heavy atom. The van der Waals surface area contributed by atoms with Crippen LogP contribution in [0, 0.1) is 0 Å². The second-order valence-corrected chi connectivity index (χ2v) is 8.90. The number of halogens is 2. The van der Waals surface area contributed by atoms with E-state index in [0.29, 0.717) is 42.1 Å². The lowest BCUT2D eigenvalue weighted by Crippen LogP contribution is -2.17. The van der Waals surface area contributed by atoms with Crippen LogP contribution in [0.4, 0.5) is 0 Å². The van der Waals surface area contributed by atoms with Crippen LogP contribution >= 0.6 is 47.2 Å². The average Bonchev–Trinajstić information content (AvgIpc) is 3.04. The van der Waals surface area contributed by atoms with Crippen LogP contribution < -0.4 is 19.5 Å². The lowest BCUT2D eigenvalue weighted by Gasteiger charge is -2.14. The number of allylic oxidation sites excluding steroid dienone is 1. The standard InChI is InChI=1S/C22H19Cl2NO4S2/c1-3-4-13-5-6-17(18(9-13)27-2)28-7-8-29-20-14(10-15(23)12-16(20)24)11-19-21(26)25-22(30)31-19/h3,5-6,9-12H,1,4,7-8H2,2H3,(H,25,26,30)/b19-11+. The molecular weight excluding hydrogens is 477 g/mol. The molecule has 2 aromatic rings. The minimum absolute atomic E-state index is 0.215.